The minimum atomic E-state index is -0.631. The summed E-state index contributed by atoms with van der Waals surface area (Å²) >= 11 is 0. The number of benzene rings is 1. The van der Waals surface area contributed by atoms with Crippen molar-refractivity contribution in [3.05, 3.63) is 35.9 Å². The molecule has 0 fully saturated rings. The van der Waals surface area contributed by atoms with Gasteiger partial charge in [-0.25, -0.2) is 0 Å². The Labute approximate surface area is 102 Å². The van der Waals surface area contributed by atoms with Crippen molar-refractivity contribution in [2.24, 2.45) is 0 Å². The molecular formula is C14H17NO2. The summed E-state index contributed by atoms with van der Waals surface area (Å²) in [5.41, 5.74) is 0.306. The van der Waals surface area contributed by atoms with Gasteiger partial charge in [-0.15, -0.1) is 0 Å². The Balaban J connectivity index is 2.71. The maximum absolute atomic E-state index is 11.3. The van der Waals surface area contributed by atoms with Crippen molar-refractivity contribution in [3.63, 3.8) is 0 Å². The van der Waals surface area contributed by atoms with E-state index in [1.165, 1.54) is 0 Å². The zero-order valence-electron chi connectivity index (χ0n) is 10.3. The summed E-state index contributed by atoms with van der Waals surface area (Å²) in [5.74, 6) is -0.245. The number of nitrogens with zero attached hydrogens (tertiary/aromatic N) is 1. The molecule has 0 saturated carbocycles. The predicted molar refractivity (Wildman–Crippen MR) is 65.3 cm³/mol. The second kappa shape index (κ2) is 6.05. The summed E-state index contributed by atoms with van der Waals surface area (Å²) < 4.78 is 4.87. The number of nitriles is 1. The third-order valence-corrected chi connectivity index (χ3v) is 2.79. The first kappa shape index (κ1) is 13.2. The summed E-state index contributed by atoms with van der Waals surface area (Å²) in [6.45, 7) is 4.01. The van der Waals surface area contributed by atoms with E-state index in [-0.39, 0.29) is 12.4 Å². The predicted octanol–water partition coefficient (Wildman–Crippen LogP) is 2.81. The molecule has 1 aromatic rings. The fraction of sp³-hybridized carbons (Fsp3) is 0.429. The van der Waals surface area contributed by atoms with E-state index in [9.17, 15) is 10.1 Å². The molecule has 0 saturated heterocycles. The molecule has 1 rings (SSSR count). The van der Waals surface area contributed by atoms with Gasteiger partial charge in [-0.2, -0.15) is 5.26 Å². The van der Waals surface area contributed by atoms with Crippen molar-refractivity contribution in [3.8, 4) is 6.07 Å². The first-order chi connectivity index (χ1) is 8.12. The minimum Gasteiger partial charge on any atom is -0.466 e. The molecule has 0 heterocycles. The molecule has 0 aliphatic rings. The van der Waals surface area contributed by atoms with E-state index in [1.807, 2.05) is 37.3 Å². The lowest BCUT2D eigenvalue weighted by atomic mass is 9.80. The molecule has 3 heteroatoms. The molecule has 0 bridgehead atoms. The average molecular weight is 231 g/mol. The van der Waals surface area contributed by atoms with Gasteiger partial charge < -0.3 is 4.74 Å². The van der Waals surface area contributed by atoms with E-state index in [4.69, 9.17) is 4.74 Å². The SMILES string of the molecule is CCOC(=O)CCC(C)(C#N)c1ccccc1. The van der Waals surface area contributed by atoms with E-state index in [2.05, 4.69) is 6.07 Å². The number of esters is 1. The molecule has 1 aromatic carbocycles. The molecule has 0 N–H and O–H groups in total. The van der Waals surface area contributed by atoms with Crippen LogP contribution in [0.25, 0.3) is 0 Å². The highest BCUT2D eigenvalue weighted by Gasteiger charge is 2.27. The van der Waals surface area contributed by atoms with Gasteiger partial charge in [0, 0.05) is 6.42 Å². The highest BCUT2D eigenvalue weighted by molar-refractivity contribution is 5.69. The highest BCUT2D eigenvalue weighted by Crippen LogP contribution is 2.28. The van der Waals surface area contributed by atoms with Crippen molar-refractivity contribution in [2.45, 2.75) is 32.1 Å². The molecule has 0 amide bonds. The van der Waals surface area contributed by atoms with Crippen LogP contribution in [-0.4, -0.2) is 12.6 Å². The Bertz CT molecular complexity index is 408. The van der Waals surface area contributed by atoms with Crippen LogP contribution in [0.5, 0.6) is 0 Å². The third-order valence-electron chi connectivity index (χ3n) is 2.79. The minimum absolute atomic E-state index is 0.245. The van der Waals surface area contributed by atoms with Crippen molar-refractivity contribution in [1.29, 1.82) is 5.26 Å². The molecular weight excluding hydrogens is 214 g/mol. The lowest BCUT2D eigenvalue weighted by Crippen LogP contribution is -2.21. The first-order valence-corrected chi connectivity index (χ1v) is 5.75. The Morgan fingerprint density at radius 1 is 1.41 bits per heavy atom. The van der Waals surface area contributed by atoms with E-state index in [0.29, 0.717) is 13.0 Å². The molecule has 90 valence electrons. The number of ether oxygens (including phenoxy) is 1. The Morgan fingerprint density at radius 3 is 2.59 bits per heavy atom. The van der Waals surface area contributed by atoms with E-state index < -0.39 is 5.41 Å². The van der Waals surface area contributed by atoms with Crippen molar-refractivity contribution < 1.29 is 9.53 Å². The Hall–Kier alpha value is -1.82. The molecule has 17 heavy (non-hydrogen) atoms. The second-order valence-electron chi connectivity index (χ2n) is 4.11. The summed E-state index contributed by atoms with van der Waals surface area (Å²) in [6, 6.07) is 11.8. The fourth-order valence-corrected chi connectivity index (χ4v) is 1.66. The smallest absolute Gasteiger partial charge is 0.305 e. The lowest BCUT2D eigenvalue weighted by molar-refractivity contribution is -0.143. The number of hydrogen-bond donors (Lipinski definition) is 0. The maximum Gasteiger partial charge on any atom is 0.305 e. The largest absolute Gasteiger partial charge is 0.466 e. The lowest BCUT2D eigenvalue weighted by Gasteiger charge is -2.21. The van der Waals surface area contributed by atoms with E-state index in [0.717, 1.165) is 5.56 Å². The van der Waals surface area contributed by atoms with Crippen LogP contribution >= 0.6 is 0 Å². The molecule has 0 spiro atoms. The fourth-order valence-electron chi connectivity index (χ4n) is 1.66. The molecule has 0 aromatic heterocycles. The molecule has 0 radical (unpaired) electrons. The zero-order chi connectivity index (χ0) is 12.7. The van der Waals surface area contributed by atoms with Gasteiger partial charge in [-0.3, -0.25) is 4.79 Å². The van der Waals surface area contributed by atoms with Crippen LogP contribution < -0.4 is 0 Å². The van der Waals surface area contributed by atoms with Crippen LogP contribution in [0.15, 0.2) is 30.3 Å². The topological polar surface area (TPSA) is 50.1 Å². The molecule has 3 nitrogen and oxygen atoms in total. The monoisotopic (exact) mass is 231 g/mol. The van der Waals surface area contributed by atoms with Crippen LogP contribution in [0.2, 0.25) is 0 Å². The van der Waals surface area contributed by atoms with Gasteiger partial charge in [-0.05, 0) is 25.8 Å². The summed E-state index contributed by atoms with van der Waals surface area (Å²) in [7, 11) is 0. The summed E-state index contributed by atoms with van der Waals surface area (Å²) in [4.78, 5) is 11.3. The Kier molecular flexibility index (Phi) is 4.71. The van der Waals surface area contributed by atoms with Crippen LogP contribution in [0, 0.1) is 11.3 Å². The number of carbonyl (C=O) groups is 1. The number of hydrogen-bond acceptors (Lipinski definition) is 3. The summed E-state index contributed by atoms with van der Waals surface area (Å²) in [6.07, 6.45) is 0.749. The standard InChI is InChI=1S/C14H17NO2/c1-3-17-13(16)9-10-14(2,11-15)12-7-5-4-6-8-12/h4-8H,3,9-10H2,1-2H3. The van der Waals surface area contributed by atoms with Gasteiger partial charge in [-0.1, -0.05) is 30.3 Å². The van der Waals surface area contributed by atoms with Gasteiger partial charge in [0.2, 0.25) is 0 Å². The number of carbonyl (C=O) groups excluding carboxylic acids is 1. The first-order valence-electron chi connectivity index (χ1n) is 5.75. The van der Waals surface area contributed by atoms with Crippen LogP contribution in [0.4, 0.5) is 0 Å². The summed E-state index contributed by atoms with van der Waals surface area (Å²) in [5, 5.41) is 9.28. The highest BCUT2D eigenvalue weighted by atomic mass is 16.5. The van der Waals surface area contributed by atoms with Crippen LogP contribution in [-0.2, 0) is 14.9 Å². The molecule has 1 atom stereocenters. The van der Waals surface area contributed by atoms with Gasteiger partial charge in [0.25, 0.3) is 0 Å². The van der Waals surface area contributed by atoms with Gasteiger partial charge in [0.15, 0.2) is 0 Å². The van der Waals surface area contributed by atoms with Gasteiger partial charge in [0.1, 0.15) is 0 Å². The second-order valence-corrected chi connectivity index (χ2v) is 4.11. The van der Waals surface area contributed by atoms with Crippen molar-refractivity contribution in [1.82, 2.24) is 0 Å². The van der Waals surface area contributed by atoms with E-state index in [1.54, 1.807) is 6.92 Å². The van der Waals surface area contributed by atoms with Crippen LogP contribution in [0.3, 0.4) is 0 Å². The molecule has 1 unspecified atom stereocenters. The molecule has 0 aliphatic heterocycles. The van der Waals surface area contributed by atoms with Gasteiger partial charge in [0.05, 0.1) is 18.1 Å². The maximum atomic E-state index is 11.3. The average Bonchev–Trinajstić information content (AvgIpc) is 2.37. The van der Waals surface area contributed by atoms with Gasteiger partial charge >= 0.3 is 5.97 Å². The van der Waals surface area contributed by atoms with E-state index >= 15 is 0 Å². The number of rotatable bonds is 5. The zero-order valence-corrected chi connectivity index (χ0v) is 10.3. The quantitative estimate of drug-likeness (QED) is 0.732. The van der Waals surface area contributed by atoms with Crippen molar-refractivity contribution >= 4 is 5.97 Å². The van der Waals surface area contributed by atoms with Crippen LogP contribution in [0.1, 0.15) is 32.3 Å². The Morgan fingerprint density at radius 2 is 2.06 bits per heavy atom. The van der Waals surface area contributed by atoms with Crippen molar-refractivity contribution in [2.75, 3.05) is 6.61 Å². The molecule has 0 aliphatic carbocycles. The normalized spacial score (nSPS) is 13.5. The third kappa shape index (κ3) is 3.60.